The van der Waals surface area contributed by atoms with Gasteiger partial charge in [-0.25, -0.2) is 4.79 Å². The predicted octanol–water partition coefficient (Wildman–Crippen LogP) is 3.24. The third kappa shape index (κ3) is 4.09. The minimum Gasteiger partial charge on any atom is -0.495 e. The van der Waals surface area contributed by atoms with E-state index in [1.54, 1.807) is 36.3 Å². The van der Waals surface area contributed by atoms with E-state index in [4.69, 9.17) is 21.1 Å². The van der Waals surface area contributed by atoms with Crippen LogP contribution in [-0.4, -0.2) is 50.7 Å². The fourth-order valence-corrected chi connectivity index (χ4v) is 3.18. The highest BCUT2D eigenvalue weighted by Crippen LogP contribution is 2.30. The van der Waals surface area contributed by atoms with Gasteiger partial charge in [0, 0.05) is 18.8 Å². The first-order valence-corrected chi connectivity index (χ1v) is 8.74. The molecule has 2 aromatic carbocycles. The minimum atomic E-state index is -0.300. The lowest BCUT2D eigenvalue weighted by Crippen LogP contribution is -2.37. The van der Waals surface area contributed by atoms with Gasteiger partial charge in [0.25, 0.3) is 0 Å². The van der Waals surface area contributed by atoms with E-state index < -0.39 is 0 Å². The van der Waals surface area contributed by atoms with Crippen molar-refractivity contribution in [3.05, 3.63) is 47.5 Å². The van der Waals surface area contributed by atoms with Gasteiger partial charge in [0.15, 0.2) is 0 Å². The van der Waals surface area contributed by atoms with Gasteiger partial charge >= 0.3 is 6.03 Å². The summed E-state index contributed by atoms with van der Waals surface area (Å²) < 4.78 is 10.4. The van der Waals surface area contributed by atoms with E-state index in [-0.39, 0.29) is 18.5 Å². The van der Waals surface area contributed by atoms with Crippen molar-refractivity contribution >= 4 is 34.9 Å². The number of para-hydroxylation sites is 2. The smallest absolute Gasteiger partial charge is 0.325 e. The van der Waals surface area contributed by atoms with Gasteiger partial charge in [0.1, 0.15) is 18.0 Å². The second kappa shape index (κ2) is 8.18. The molecule has 8 heteroatoms. The molecule has 3 rings (SSSR count). The Bertz CT molecular complexity index is 859. The highest BCUT2D eigenvalue weighted by Gasteiger charge is 2.32. The molecule has 0 aromatic heterocycles. The van der Waals surface area contributed by atoms with Crippen LogP contribution in [0.4, 0.5) is 16.2 Å². The van der Waals surface area contributed by atoms with Crippen LogP contribution in [0.15, 0.2) is 42.5 Å². The van der Waals surface area contributed by atoms with Crippen molar-refractivity contribution < 1.29 is 19.1 Å². The molecule has 0 aliphatic carbocycles. The van der Waals surface area contributed by atoms with Crippen LogP contribution in [0.5, 0.6) is 11.5 Å². The van der Waals surface area contributed by atoms with Gasteiger partial charge in [0.2, 0.25) is 5.91 Å². The fourth-order valence-electron chi connectivity index (χ4n) is 2.92. The van der Waals surface area contributed by atoms with E-state index in [0.717, 1.165) is 0 Å². The Morgan fingerprint density at radius 1 is 1.11 bits per heavy atom. The first-order chi connectivity index (χ1) is 13.0. The summed E-state index contributed by atoms with van der Waals surface area (Å²) in [5, 5.41) is 3.14. The summed E-state index contributed by atoms with van der Waals surface area (Å²) in [7, 11) is 3.08. The van der Waals surface area contributed by atoms with Crippen LogP contribution in [0.2, 0.25) is 5.02 Å². The predicted molar refractivity (Wildman–Crippen MR) is 104 cm³/mol. The van der Waals surface area contributed by atoms with E-state index in [1.807, 2.05) is 18.2 Å². The van der Waals surface area contributed by atoms with Crippen LogP contribution in [0, 0.1) is 0 Å². The number of urea groups is 1. The van der Waals surface area contributed by atoms with Gasteiger partial charge in [-0.1, -0.05) is 23.7 Å². The van der Waals surface area contributed by atoms with E-state index in [2.05, 4.69) is 5.32 Å². The van der Waals surface area contributed by atoms with E-state index >= 15 is 0 Å². The SMILES string of the molecule is COc1ccc(NC(=O)CN2CCN(c3ccccc3OC)C2=O)cc1Cl. The minimum absolute atomic E-state index is 0.0475. The summed E-state index contributed by atoms with van der Waals surface area (Å²) in [5.41, 5.74) is 1.23. The molecule has 1 saturated heterocycles. The maximum Gasteiger partial charge on any atom is 0.325 e. The van der Waals surface area contributed by atoms with Gasteiger partial charge in [-0.2, -0.15) is 0 Å². The Hall–Kier alpha value is -2.93. The molecular weight excluding hydrogens is 370 g/mol. The number of anilines is 2. The molecule has 1 fully saturated rings. The van der Waals surface area contributed by atoms with Crippen LogP contribution in [0.25, 0.3) is 0 Å². The number of benzene rings is 2. The molecule has 1 N–H and O–H groups in total. The van der Waals surface area contributed by atoms with E-state index in [0.29, 0.717) is 41.0 Å². The van der Waals surface area contributed by atoms with Crippen LogP contribution >= 0.6 is 11.6 Å². The van der Waals surface area contributed by atoms with Crippen molar-refractivity contribution in [2.75, 3.05) is 44.1 Å². The summed E-state index contributed by atoms with van der Waals surface area (Å²) in [6.07, 6.45) is 0. The number of methoxy groups -OCH3 is 2. The number of carbonyl (C=O) groups is 2. The molecule has 3 amide bonds. The highest BCUT2D eigenvalue weighted by atomic mass is 35.5. The average Bonchev–Trinajstić information content (AvgIpc) is 3.02. The standard InChI is InChI=1S/C19H20ClN3O4/c1-26-16-8-7-13(11-14(16)20)21-18(24)12-22-9-10-23(19(22)25)15-5-3-4-6-17(15)27-2/h3-8,11H,9-10,12H2,1-2H3,(H,21,24). The lowest BCUT2D eigenvalue weighted by molar-refractivity contribution is -0.116. The lowest BCUT2D eigenvalue weighted by atomic mass is 10.2. The number of hydrogen-bond acceptors (Lipinski definition) is 4. The Labute approximate surface area is 162 Å². The second-order valence-corrected chi connectivity index (χ2v) is 6.33. The summed E-state index contributed by atoms with van der Waals surface area (Å²) in [6.45, 7) is 0.892. The number of nitrogens with one attached hydrogen (secondary N) is 1. The molecule has 0 saturated carbocycles. The molecule has 1 aliphatic rings. The zero-order valence-electron chi connectivity index (χ0n) is 15.1. The zero-order chi connectivity index (χ0) is 19.4. The molecule has 0 atom stereocenters. The Morgan fingerprint density at radius 3 is 2.56 bits per heavy atom. The lowest BCUT2D eigenvalue weighted by Gasteiger charge is -2.20. The monoisotopic (exact) mass is 389 g/mol. The third-order valence-corrected chi connectivity index (χ3v) is 4.54. The third-order valence-electron chi connectivity index (χ3n) is 4.24. The first-order valence-electron chi connectivity index (χ1n) is 8.36. The fraction of sp³-hybridized carbons (Fsp3) is 0.263. The van der Waals surface area contributed by atoms with Crippen molar-refractivity contribution in [1.82, 2.24) is 4.90 Å². The molecule has 0 bridgehead atoms. The van der Waals surface area contributed by atoms with Gasteiger partial charge < -0.3 is 19.7 Å². The molecule has 1 heterocycles. The molecule has 0 radical (unpaired) electrons. The van der Waals surface area contributed by atoms with Crippen molar-refractivity contribution in [2.24, 2.45) is 0 Å². The van der Waals surface area contributed by atoms with Crippen LogP contribution in [-0.2, 0) is 4.79 Å². The number of halogens is 1. The number of hydrogen-bond donors (Lipinski definition) is 1. The zero-order valence-corrected chi connectivity index (χ0v) is 15.8. The van der Waals surface area contributed by atoms with Crippen molar-refractivity contribution in [2.45, 2.75) is 0 Å². The molecule has 2 aromatic rings. The maximum atomic E-state index is 12.7. The largest absolute Gasteiger partial charge is 0.495 e. The van der Waals surface area contributed by atoms with E-state index in [1.165, 1.54) is 12.0 Å². The number of carbonyl (C=O) groups excluding carboxylic acids is 2. The topological polar surface area (TPSA) is 71.1 Å². The van der Waals surface area contributed by atoms with Crippen LogP contribution in [0.1, 0.15) is 0 Å². The quantitative estimate of drug-likeness (QED) is 0.823. The second-order valence-electron chi connectivity index (χ2n) is 5.93. The summed E-state index contributed by atoms with van der Waals surface area (Å²) >= 11 is 6.06. The number of nitrogens with zero attached hydrogens (tertiary/aromatic N) is 2. The van der Waals surface area contributed by atoms with Crippen LogP contribution in [0.3, 0.4) is 0 Å². The van der Waals surface area contributed by atoms with E-state index in [9.17, 15) is 9.59 Å². The molecule has 7 nitrogen and oxygen atoms in total. The van der Waals surface area contributed by atoms with Crippen molar-refractivity contribution in [3.63, 3.8) is 0 Å². The number of amides is 3. The molecule has 0 spiro atoms. The van der Waals surface area contributed by atoms with Gasteiger partial charge in [-0.05, 0) is 30.3 Å². The summed E-state index contributed by atoms with van der Waals surface area (Å²) in [5.74, 6) is 0.841. The Morgan fingerprint density at radius 2 is 1.85 bits per heavy atom. The normalized spacial score (nSPS) is 13.7. The molecule has 27 heavy (non-hydrogen) atoms. The average molecular weight is 390 g/mol. The van der Waals surface area contributed by atoms with Gasteiger partial charge in [0.05, 0.1) is 24.9 Å². The van der Waals surface area contributed by atoms with Crippen molar-refractivity contribution in [3.8, 4) is 11.5 Å². The first kappa shape index (κ1) is 18.8. The maximum absolute atomic E-state index is 12.7. The molecule has 142 valence electrons. The Balaban J connectivity index is 1.64. The van der Waals surface area contributed by atoms with Gasteiger partial charge in [-0.15, -0.1) is 0 Å². The van der Waals surface area contributed by atoms with Gasteiger partial charge in [-0.3, -0.25) is 9.69 Å². The number of ether oxygens (including phenoxy) is 2. The molecule has 0 unspecified atom stereocenters. The van der Waals surface area contributed by atoms with Crippen molar-refractivity contribution in [1.29, 1.82) is 0 Å². The number of rotatable bonds is 6. The molecular formula is C19H20ClN3O4. The summed E-state index contributed by atoms with van der Waals surface area (Å²) in [6, 6.07) is 12.0. The Kier molecular flexibility index (Phi) is 5.71. The molecule has 1 aliphatic heterocycles. The van der Waals surface area contributed by atoms with Crippen LogP contribution < -0.4 is 19.7 Å². The highest BCUT2D eigenvalue weighted by molar-refractivity contribution is 6.32. The summed E-state index contributed by atoms with van der Waals surface area (Å²) in [4.78, 5) is 28.1.